The first-order valence-electron chi connectivity index (χ1n) is 8.76. The number of hydrogen-bond acceptors (Lipinski definition) is 8. The fourth-order valence-corrected chi connectivity index (χ4v) is 3.11. The van der Waals surface area contributed by atoms with Crippen LogP contribution in [0.1, 0.15) is 23.0 Å². The van der Waals surface area contributed by atoms with Crippen molar-refractivity contribution in [1.29, 1.82) is 5.26 Å². The van der Waals surface area contributed by atoms with E-state index in [1.54, 1.807) is 0 Å². The van der Waals surface area contributed by atoms with E-state index in [2.05, 4.69) is 30.6 Å². The summed E-state index contributed by atoms with van der Waals surface area (Å²) in [5.41, 5.74) is -1.71. The van der Waals surface area contributed by atoms with Gasteiger partial charge in [0.05, 0.1) is 46.7 Å². The van der Waals surface area contributed by atoms with Crippen molar-refractivity contribution < 1.29 is 18.3 Å². The number of nitrogens with zero attached hydrogens (tertiary/aromatic N) is 8. The number of pyridine rings is 2. The van der Waals surface area contributed by atoms with Crippen molar-refractivity contribution in [2.75, 3.05) is 5.32 Å². The van der Waals surface area contributed by atoms with E-state index in [-0.39, 0.29) is 27.8 Å². The van der Waals surface area contributed by atoms with Crippen molar-refractivity contribution in [3.63, 3.8) is 0 Å². The number of aliphatic hydroxyl groups excluding tert-OH is 1. The highest BCUT2D eigenvalue weighted by Gasteiger charge is 2.40. The Kier molecular flexibility index (Phi) is 5.47. The van der Waals surface area contributed by atoms with E-state index < -0.39 is 23.7 Å². The van der Waals surface area contributed by atoms with Crippen molar-refractivity contribution in [1.82, 2.24) is 34.7 Å². The quantitative estimate of drug-likeness (QED) is 0.434. The lowest BCUT2D eigenvalue weighted by Gasteiger charge is -2.18. The largest absolute Gasteiger partial charge is 0.433 e. The van der Waals surface area contributed by atoms with Crippen LogP contribution in [0.25, 0.3) is 11.5 Å². The third-order valence-corrected chi connectivity index (χ3v) is 4.53. The molecular formula is C18H11ClF3N9O. The third-order valence-electron chi connectivity index (χ3n) is 4.24. The number of nitrogens with one attached hydrogen (secondary N) is 1. The second kappa shape index (κ2) is 8.25. The molecule has 0 aliphatic heterocycles. The van der Waals surface area contributed by atoms with E-state index in [1.807, 2.05) is 6.07 Å². The third kappa shape index (κ3) is 3.96. The van der Waals surface area contributed by atoms with Gasteiger partial charge in [0.15, 0.2) is 17.7 Å². The molecule has 1 atom stereocenters. The molecule has 32 heavy (non-hydrogen) atoms. The van der Waals surface area contributed by atoms with E-state index in [1.165, 1.54) is 43.1 Å². The lowest BCUT2D eigenvalue weighted by molar-refractivity contribution is -0.144. The average Bonchev–Trinajstić information content (AvgIpc) is 3.44. The van der Waals surface area contributed by atoms with Crippen LogP contribution in [0.15, 0.2) is 49.3 Å². The summed E-state index contributed by atoms with van der Waals surface area (Å²) < 4.78 is 42.1. The Morgan fingerprint density at radius 3 is 2.53 bits per heavy atom. The highest BCUT2D eigenvalue weighted by molar-refractivity contribution is 6.32. The summed E-state index contributed by atoms with van der Waals surface area (Å²) in [6, 6.07) is 4.46. The van der Waals surface area contributed by atoms with Gasteiger partial charge in [-0.05, 0) is 12.1 Å². The number of aliphatic hydroxyl groups is 1. The zero-order valence-electron chi connectivity index (χ0n) is 15.7. The molecule has 0 aliphatic carbocycles. The van der Waals surface area contributed by atoms with Gasteiger partial charge in [0.1, 0.15) is 11.6 Å². The van der Waals surface area contributed by atoms with Gasteiger partial charge in [-0.3, -0.25) is 4.98 Å². The predicted octanol–water partition coefficient (Wildman–Crippen LogP) is 2.89. The van der Waals surface area contributed by atoms with Crippen molar-refractivity contribution >= 4 is 17.3 Å². The second-order valence-corrected chi connectivity index (χ2v) is 6.66. The first kappa shape index (κ1) is 21.2. The minimum Gasteiger partial charge on any atom is -0.369 e. The van der Waals surface area contributed by atoms with Gasteiger partial charge in [-0.2, -0.15) is 33.7 Å². The highest BCUT2D eigenvalue weighted by atomic mass is 35.5. The Morgan fingerprint density at radius 1 is 1.12 bits per heavy atom. The molecule has 0 saturated heterocycles. The first-order chi connectivity index (χ1) is 15.3. The predicted molar refractivity (Wildman–Crippen MR) is 104 cm³/mol. The Balaban J connectivity index is 1.69. The molecule has 0 amide bonds. The van der Waals surface area contributed by atoms with Gasteiger partial charge >= 0.3 is 6.18 Å². The lowest BCUT2D eigenvalue weighted by Crippen LogP contribution is -2.20. The molecule has 4 rings (SSSR count). The Labute approximate surface area is 182 Å². The van der Waals surface area contributed by atoms with Gasteiger partial charge in [0.25, 0.3) is 0 Å². The summed E-state index contributed by atoms with van der Waals surface area (Å²) in [7, 11) is 0. The van der Waals surface area contributed by atoms with E-state index >= 15 is 0 Å². The molecule has 14 heteroatoms. The van der Waals surface area contributed by atoms with E-state index in [0.29, 0.717) is 4.68 Å². The topological polar surface area (TPSA) is 130 Å². The van der Waals surface area contributed by atoms with Gasteiger partial charge in [-0.25, -0.2) is 9.67 Å². The lowest BCUT2D eigenvalue weighted by atomic mass is 10.2. The van der Waals surface area contributed by atoms with Crippen molar-refractivity contribution in [3.8, 4) is 17.6 Å². The maximum atomic E-state index is 13.9. The number of rotatable bonds is 5. The van der Waals surface area contributed by atoms with Crippen LogP contribution < -0.4 is 5.32 Å². The Morgan fingerprint density at radius 2 is 1.88 bits per heavy atom. The standard InChI is InChI=1S/C18H11ClF3N9O/c19-13-9-24-2-1-14(13)30-15(18(20,21)22)12(8-28-30)17(32)29-11-5-10(6-23)16(25-7-11)31-26-3-4-27-31/h1-5,7-9,17,29,32H. The molecule has 4 aromatic rings. The van der Waals surface area contributed by atoms with Crippen LogP contribution in [0, 0.1) is 11.3 Å². The molecule has 162 valence electrons. The van der Waals surface area contributed by atoms with E-state index in [4.69, 9.17) is 11.6 Å². The molecule has 0 aliphatic rings. The molecule has 0 bridgehead atoms. The van der Waals surface area contributed by atoms with Crippen LogP contribution in [-0.4, -0.2) is 39.8 Å². The SMILES string of the molecule is N#Cc1cc(NC(O)c2cnn(-c3ccncc3Cl)c2C(F)(F)F)cnc1-n1nccn1. The van der Waals surface area contributed by atoms with Crippen LogP contribution in [0.4, 0.5) is 18.9 Å². The van der Waals surface area contributed by atoms with Gasteiger partial charge < -0.3 is 10.4 Å². The minimum absolute atomic E-state index is 0.0358. The molecule has 0 saturated carbocycles. The van der Waals surface area contributed by atoms with Gasteiger partial charge in [-0.1, -0.05) is 11.6 Å². The Hall–Kier alpha value is -4.02. The number of hydrogen-bond donors (Lipinski definition) is 2. The summed E-state index contributed by atoms with van der Waals surface area (Å²) in [5, 5.41) is 33.8. The summed E-state index contributed by atoms with van der Waals surface area (Å²) in [5.74, 6) is 0.119. The average molecular weight is 462 g/mol. The van der Waals surface area contributed by atoms with Gasteiger partial charge in [0, 0.05) is 12.4 Å². The number of aromatic nitrogens is 7. The van der Waals surface area contributed by atoms with Crippen LogP contribution in [-0.2, 0) is 6.18 Å². The molecule has 1 unspecified atom stereocenters. The maximum Gasteiger partial charge on any atom is 0.433 e. The number of alkyl halides is 3. The summed E-state index contributed by atoms with van der Waals surface area (Å²) in [6.07, 6.45) is 0.628. The van der Waals surface area contributed by atoms with Crippen LogP contribution in [0.5, 0.6) is 0 Å². The molecule has 0 radical (unpaired) electrons. The summed E-state index contributed by atoms with van der Waals surface area (Å²) in [6.45, 7) is 0. The molecule has 10 nitrogen and oxygen atoms in total. The minimum atomic E-state index is -4.87. The number of anilines is 1. The molecule has 2 N–H and O–H groups in total. The fourth-order valence-electron chi connectivity index (χ4n) is 2.91. The molecule has 4 aromatic heterocycles. The van der Waals surface area contributed by atoms with Gasteiger partial charge in [0.2, 0.25) is 0 Å². The van der Waals surface area contributed by atoms with Crippen molar-refractivity contribution in [3.05, 3.63) is 71.2 Å². The summed E-state index contributed by atoms with van der Waals surface area (Å²) in [4.78, 5) is 8.90. The fraction of sp³-hybridized carbons (Fsp3) is 0.111. The molecule has 0 spiro atoms. The Bertz CT molecular complexity index is 1300. The van der Waals surface area contributed by atoms with Crippen molar-refractivity contribution in [2.24, 2.45) is 0 Å². The number of halogens is 4. The monoisotopic (exact) mass is 461 g/mol. The van der Waals surface area contributed by atoms with Crippen molar-refractivity contribution in [2.45, 2.75) is 12.4 Å². The molecule has 0 aromatic carbocycles. The first-order valence-corrected chi connectivity index (χ1v) is 9.14. The highest BCUT2D eigenvalue weighted by Crippen LogP contribution is 2.37. The molecule has 0 fully saturated rings. The number of nitriles is 1. The van der Waals surface area contributed by atoms with E-state index in [9.17, 15) is 23.5 Å². The van der Waals surface area contributed by atoms with Crippen LogP contribution in [0.3, 0.4) is 0 Å². The summed E-state index contributed by atoms with van der Waals surface area (Å²) >= 11 is 5.97. The second-order valence-electron chi connectivity index (χ2n) is 6.26. The molecule has 4 heterocycles. The van der Waals surface area contributed by atoms with Crippen LogP contribution >= 0.6 is 11.6 Å². The smallest absolute Gasteiger partial charge is 0.369 e. The zero-order valence-corrected chi connectivity index (χ0v) is 16.5. The van der Waals surface area contributed by atoms with Gasteiger partial charge in [-0.15, -0.1) is 4.80 Å². The van der Waals surface area contributed by atoms with Crippen LogP contribution in [0.2, 0.25) is 5.02 Å². The normalized spacial score (nSPS) is 12.4. The maximum absolute atomic E-state index is 13.9. The zero-order chi connectivity index (χ0) is 22.9. The molecular weight excluding hydrogens is 451 g/mol. The van der Waals surface area contributed by atoms with E-state index in [0.717, 1.165) is 11.0 Å².